The van der Waals surface area contributed by atoms with E-state index in [1.165, 1.54) is 11.3 Å². The first-order valence-corrected chi connectivity index (χ1v) is 28.3. The molecule has 6 aliphatic rings. The Balaban J connectivity index is 1.15. The number of hydrogen-bond acceptors (Lipinski definition) is 2. The molecule has 28 aromatic rings. The first kappa shape index (κ1) is 28.8. The van der Waals surface area contributed by atoms with Gasteiger partial charge in [-0.15, -0.1) is 0 Å². The lowest BCUT2D eigenvalue weighted by molar-refractivity contribution is -0.118. The summed E-state index contributed by atoms with van der Waals surface area (Å²) in [5, 5.41) is 87.6. The molecule has 34 rings (SSSR count). The quantitative estimate of drug-likeness (QED) is 0.165. The molecule has 1 heterocycles. The zero-order valence-electron chi connectivity index (χ0n) is 39.4. The van der Waals surface area contributed by atoms with E-state index in [0.717, 1.165) is 25.8 Å². The smallest absolute Gasteiger partial charge is 0.162 e. The molecule has 5 aliphatic carbocycles. The first-order chi connectivity index (χ1) is 36.5. The van der Waals surface area contributed by atoms with Crippen molar-refractivity contribution in [2.75, 3.05) is 6.54 Å². The number of allylic oxidation sites excluding steroid dienone is 1. The Bertz CT molecular complexity index is 7300. The van der Waals surface area contributed by atoms with Gasteiger partial charge in [0.25, 0.3) is 0 Å². The summed E-state index contributed by atoms with van der Waals surface area (Å²) in [5.41, 5.74) is 7.86. The van der Waals surface area contributed by atoms with Crippen molar-refractivity contribution < 1.29 is 4.79 Å². The zero-order chi connectivity index (χ0) is 44.8. The van der Waals surface area contributed by atoms with Crippen LogP contribution in [0.2, 0.25) is 0 Å². The Morgan fingerprint density at radius 1 is 0.311 bits per heavy atom. The normalized spacial score (nSPS) is 23.8. The van der Waals surface area contributed by atoms with Crippen molar-refractivity contribution in [1.29, 1.82) is 0 Å². The molecule has 1 aliphatic heterocycles. The second-order valence-electron chi connectivity index (χ2n) is 28.5. The summed E-state index contributed by atoms with van der Waals surface area (Å²) in [6.45, 7) is 8.26. The van der Waals surface area contributed by atoms with Gasteiger partial charge < -0.3 is 4.90 Å². The van der Waals surface area contributed by atoms with Gasteiger partial charge in [0.2, 0.25) is 0 Å². The van der Waals surface area contributed by atoms with Crippen LogP contribution in [0.25, 0.3) is 291 Å². The molecule has 0 amide bonds. The standard InChI is InChI=1S/C72H19NO/c1-4-5-6-73-9-7-70(2,3)8-10(74)65(9)71-66-57-49-39-29-21-13-11-12-15-19-17(13)25-33-27(19)37-31-23(15)24-16(12)20-18-14(11)22(21)30-36-26(18)34-28(20)38-32(24)42-41(31)53-47(37)55-45(33)51(43(49)35(25)29)59(66)61(55)68-63(53)64-54(42)48(38)56-46(34)52-44(36)50(40(30)39)58(57)67(71)60(52)62(56)69(64)72(68,71)73/h4-8H2,1-3H3. The summed E-state index contributed by atoms with van der Waals surface area (Å²) in [4.78, 5) is 19.9. The van der Waals surface area contributed by atoms with Crippen molar-refractivity contribution in [2.45, 2.75) is 57.4 Å². The van der Waals surface area contributed by atoms with Gasteiger partial charge in [-0.3, -0.25) is 4.79 Å². The van der Waals surface area contributed by atoms with E-state index in [4.69, 9.17) is 0 Å². The Morgan fingerprint density at radius 2 is 0.527 bits per heavy atom. The number of hydrogen-bond donors (Lipinski definition) is 0. The van der Waals surface area contributed by atoms with Crippen LogP contribution in [0.3, 0.4) is 0 Å². The van der Waals surface area contributed by atoms with Gasteiger partial charge in [-0.2, -0.15) is 0 Å². The van der Waals surface area contributed by atoms with E-state index in [2.05, 4.69) is 25.7 Å². The Labute approximate surface area is 407 Å². The molecule has 0 saturated heterocycles. The lowest BCUT2D eigenvalue weighted by Gasteiger charge is -2.55. The van der Waals surface area contributed by atoms with Gasteiger partial charge in [0, 0.05) is 35.4 Å². The van der Waals surface area contributed by atoms with E-state index < -0.39 is 11.0 Å². The molecule has 2 spiro atoms. The molecule has 0 atom stereocenters. The molecule has 74 heavy (non-hydrogen) atoms. The highest BCUT2D eigenvalue weighted by atomic mass is 16.1. The predicted molar refractivity (Wildman–Crippen MR) is 311 cm³/mol. The van der Waals surface area contributed by atoms with Crippen LogP contribution >= 0.6 is 0 Å². The molecule has 0 saturated carbocycles. The molecule has 0 aromatic heterocycles. The highest BCUT2D eigenvalue weighted by Gasteiger charge is 2.77. The SMILES string of the molecule is CCCCN1C2=C(C(=O)CC(C)(C)C2)C23c4c5c6c7c8c9c(c%10c%11c2c2c4c4c%12c5c5c6c6c8c8c%13c9c9c%10c%10c%11c%11c2c2c4c4c%12c%12c5c5c6c8c6c8c%13c9c9c%10c%10c%11c2c2c4c4c%12c5c6c5c8c9c%10c2c45)C713. The molecule has 0 bridgehead atoms. The van der Waals surface area contributed by atoms with Gasteiger partial charge in [0.05, 0.1) is 5.41 Å². The van der Waals surface area contributed by atoms with Gasteiger partial charge in [-0.05, 0) is 320 Å². The van der Waals surface area contributed by atoms with Crippen LogP contribution in [0.1, 0.15) is 68.7 Å². The van der Waals surface area contributed by atoms with Crippen molar-refractivity contribution in [2.24, 2.45) is 5.41 Å². The Hall–Kier alpha value is -8.33. The van der Waals surface area contributed by atoms with Crippen LogP contribution in [-0.4, -0.2) is 17.2 Å². The molecule has 2 nitrogen and oxygen atoms in total. The summed E-state index contributed by atoms with van der Waals surface area (Å²) in [6.07, 6.45) is 3.84. The van der Waals surface area contributed by atoms with Crippen molar-refractivity contribution >= 4 is 297 Å². The topological polar surface area (TPSA) is 20.3 Å². The monoisotopic (exact) mass is 913 g/mol. The molecular weight excluding hydrogens is 895 g/mol. The van der Waals surface area contributed by atoms with E-state index in [0.29, 0.717) is 12.2 Å². The lowest BCUT2D eigenvalue weighted by atomic mass is 9.50. The fourth-order valence-electron chi connectivity index (χ4n) is 26.9. The van der Waals surface area contributed by atoms with Crippen molar-refractivity contribution in [1.82, 2.24) is 4.90 Å². The molecule has 318 valence electrons. The van der Waals surface area contributed by atoms with E-state index in [-0.39, 0.29) is 5.41 Å². The Kier molecular flexibility index (Phi) is 2.53. The minimum Gasteiger partial charge on any atom is -0.359 e. The summed E-state index contributed by atoms with van der Waals surface area (Å²) in [6, 6.07) is 0. The summed E-state index contributed by atoms with van der Waals surface area (Å²) in [7, 11) is 0. The fraction of sp³-hybridized carbons (Fsp3) is 0.153. The van der Waals surface area contributed by atoms with Gasteiger partial charge in [0.15, 0.2) is 5.78 Å². The van der Waals surface area contributed by atoms with Gasteiger partial charge in [0.1, 0.15) is 5.54 Å². The molecule has 0 radical (unpaired) electrons. The van der Waals surface area contributed by atoms with Crippen LogP contribution in [0.5, 0.6) is 0 Å². The average molecular weight is 914 g/mol. The van der Waals surface area contributed by atoms with Crippen LogP contribution in [-0.2, 0) is 15.7 Å². The third-order valence-electron chi connectivity index (χ3n) is 27.0. The van der Waals surface area contributed by atoms with Gasteiger partial charge in [-0.25, -0.2) is 0 Å². The fourth-order valence-corrected chi connectivity index (χ4v) is 26.9. The maximum absolute atomic E-state index is 16.8. The van der Waals surface area contributed by atoms with Gasteiger partial charge in [-0.1, -0.05) is 27.2 Å². The zero-order valence-corrected chi connectivity index (χ0v) is 39.4. The second-order valence-corrected chi connectivity index (χ2v) is 28.5. The first-order valence-electron chi connectivity index (χ1n) is 28.3. The summed E-state index contributed by atoms with van der Waals surface area (Å²) < 4.78 is 0. The number of nitrogens with zero attached hydrogens (tertiary/aromatic N) is 1. The number of carbonyl (C=O) groups excluding carboxylic acids is 1. The minimum atomic E-state index is -0.644. The lowest BCUT2D eigenvalue weighted by Crippen LogP contribution is -2.58. The molecule has 0 N–H and O–H groups in total. The van der Waals surface area contributed by atoms with Crippen LogP contribution < -0.4 is 0 Å². The molecule has 2 heteroatoms. The second kappa shape index (κ2) is 6.51. The van der Waals surface area contributed by atoms with Crippen molar-refractivity contribution in [3.05, 3.63) is 33.5 Å². The summed E-state index contributed by atoms with van der Waals surface area (Å²) in [5.74, 6) is 0.451. The summed E-state index contributed by atoms with van der Waals surface area (Å²) >= 11 is 0. The number of carbonyl (C=O) groups is 1. The largest absolute Gasteiger partial charge is 0.359 e. The van der Waals surface area contributed by atoms with E-state index in [1.54, 1.807) is 313 Å². The number of ketones is 1. The molecule has 0 unspecified atom stereocenters. The number of benzene rings is 18. The number of rotatable bonds is 3. The Morgan fingerprint density at radius 3 is 0.757 bits per heavy atom. The predicted octanol–water partition coefficient (Wildman–Crippen LogP) is 19.0. The molecule has 0 fully saturated rings. The van der Waals surface area contributed by atoms with E-state index in [9.17, 15) is 0 Å². The maximum Gasteiger partial charge on any atom is 0.162 e. The third kappa shape index (κ3) is 1.54. The minimum absolute atomic E-state index is 0.124. The van der Waals surface area contributed by atoms with Crippen LogP contribution in [0, 0.1) is 5.41 Å². The van der Waals surface area contributed by atoms with Crippen molar-refractivity contribution in [3.63, 3.8) is 0 Å². The average Bonchev–Trinajstić information content (AvgIpc) is 4.38. The number of unbranched alkanes of at least 4 members (excludes halogenated alkanes) is 1. The highest BCUT2D eigenvalue weighted by molar-refractivity contribution is 6.82. The van der Waals surface area contributed by atoms with Crippen LogP contribution in [0.4, 0.5) is 0 Å². The van der Waals surface area contributed by atoms with Crippen LogP contribution in [0.15, 0.2) is 11.3 Å². The van der Waals surface area contributed by atoms with E-state index in [1.807, 2.05) is 0 Å². The van der Waals surface area contributed by atoms with Gasteiger partial charge >= 0.3 is 0 Å². The third-order valence-corrected chi connectivity index (χ3v) is 27.0. The van der Waals surface area contributed by atoms with E-state index >= 15 is 4.79 Å². The molecule has 28 aromatic carbocycles. The highest BCUT2D eigenvalue weighted by Crippen LogP contribution is 2.87. The molecular formula is C72H19NO. The maximum atomic E-state index is 16.8. The number of Topliss-reactive ketones (excluding diaryl/α,β-unsaturated/α-hetero) is 1. The van der Waals surface area contributed by atoms with Crippen molar-refractivity contribution in [3.8, 4) is 0 Å².